The second-order valence-corrected chi connectivity index (χ2v) is 10.3. The number of rotatable bonds is 4. The molecule has 134 valence electrons. The molecule has 3 rings (SSSR count). The summed E-state index contributed by atoms with van der Waals surface area (Å²) in [6.45, 7) is 2.98. The van der Waals surface area contributed by atoms with Crippen LogP contribution in [0.3, 0.4) is 0 Å². The van der Waals surface area contributed by atoms with Gasteiger partial charge in [0.1, 0.15) is 4.21 Å². The summed E-state index contributed by atoms with van der Waals surface area (Å²) >= 11 is 1.18. The van der Waals surface area contributed by atoms with Crippen LogP contribution in [0, 0.1) is 11.8 Å². The zero-order valence-electron chi connectivity index (χ0n) is 14.3. The van der Waals surface area contributed by atoms with Crippen LogP contribution in [-0.4, -0.2) is 49.7 Å². The maximum atomic E-state index is 12.8. The van der Waals surface area contributed by atoms with Gasteiger partial charge in [-0.05, 0) is 42.5 Å². The lowest BCUT2D eigenvalue weighted by Crippen LogP contribution is -2.54. The number of nitrogens with zero attached hydrogens (tertiary/aromatic N) is 2. The normalized spacial score (nSPS) is 28.0. The van der Waals surface area contributed by atoms with Crippen LogP contribution in [-0.2, 0) is 14.8 Å². The van der Waals surface area contributed by atoms with Crippen LogP contribution in [0.5, 0.6) is 0 Å². The first kappa shape index (κ1) is 17.9. The Bertz CT molecular complexity index is 672. The number of hydrogen-bond acceptors (Lipinski definition) is 4. The average molecular weight is 371 g/mol. The first-order chi connectivity index (χ1) is 11.4. The van der Waals surface area contributed by atoms with Crippen molar-refractivity contribution in [1.29, 1.82) is 0 Å². The van der Waals surface area contributed by atoms with Gasteiger partial charge in [0.15, 0.2) is 0 Å². The summed E-state index contributed by atoms with van der Waals surface area (Å²) in [6.07, 6.45) is 5.69. The minimum Gasteiger partial charge on any atom is -0.338 e. The Morgan fingerprint density at radius 1 is 1.33 bits per heavy atom. The molecule has 2 fully saturated rings. The fourth-order valence-electron chi connectivity index (χ4n) is 4.15. The fourth-order valence-corrected chi connectivity index (χ4v) is 6.47. The highest BCUT2D eigenvalue weighted by Gasteiger charge is 2.40. The molecule has 1 saturated heterocycles. The van der Waals surface area contributed by atoms with Gasteiger partial charge in [-0.3, -0.25) is 4.79 Å². The van der Waals surface area contributed by atoms with Crippen LogP contribution in [0.4, 0.5) is 0 Å². The highest BCUT2D eigenvalue weighted by atomic mass is 32.2. The van der Waals surface area contributed by atoms with Crippen molar-refractivity contribution < 1.29 is 13.2 Å². The lowest BCUT2D eigenvalue weighted by atomic mass is 9.72. The second kappa shape index (κ2) is 7.14. The van der Waals surface area contributed by atoms with E-state index >= 15 is 0 Å². The van der Waals surface area contributed by atoms with Crippen molar-refractivity contribution in [1.82, 2.24) is 9.21 Å². The van der Waals surface area contributed by atoms with Crippen molar-refractivity contribution in [3.8, 4) is 0 Å². The Labute approximate surface area is 148 Å². The molecule has 5 nitrogen and oxygen atoms in total. The van der Waals surface area contributed by atoms with Gasteiger partial charge in [-0.1, -0.05) is 25.8 Å². The number of thiophene rings is 1. The number of hydrogen-bond donors (Lipinski definition) is 0. The first-order valence-corrected chi connectivity index (χ1v) is 11.0. The van der Waals surface area contributed by atoms with E-state index in [-0.39, 0.29) is 12.5 Å². The Morgan fingerprint density at radius 2 is 2.08 bits per heavy atom. The second-order valence-electron chi connectivity index (χ2n) is 7.06. The molecule has 0 spiro atoms. The van der Waals surface area contributed by atoms with E-state index in [4.69, 9.17) is 0 Å². The summed E-state index contributed by atoms with van der Waals surface area (Å²) in [7, 11) is -2.07. The lowest BCUT2D eigenvalue weighted by Gasteiger charge is -2.47. The third kappa shape index (κ3) is 3.39. The van der Waals surface area contributed by atoms with E-state index in [1.807, 2.05) is 4.90 Å². The van der Waals surface area contributed by atoms with Gasteiger partial charge in [-0.25, -0.2) is 8.42 Å². The van der Waals surface area contributed by atoms with Gasteiger partial charge in [0.05, 0.1) is 6.54 Å². The molecule has 0 N–H and O–H groups in total. The SMILES string of the molecule is CC1CCN(C(=O)CN(C)S(=O)(=O)c2cccs2)C2CCCCC12. The largest absolute Gasteiger partial charge is 0.338 e. The Morgan fingerprint density at radius 3 is 2.79 bits per heavy atom. The molecule has 2 aliphatic rings. The van der Waals surface area contributed by atoms with Gasteiger partial charge >= 0.3 is 0 Å². The summed E-state index contributed by atoms with van der Waals surface area (Å²) in [5, 5.41) is 1.74. The fraction of sp³-hybridized carbons (Fsp3) is 0.706. The standard InChI is InChI=1S/C17H26N2O3S2/c1-13-9-10-19(15-7-4-3-6-14(13)15)16(20)12-18(2)24(21,22)17-8-5-11-23-17/h5,8,11,13-15H,3-4,6-7,9-10,12H2,1-2H3. The molecule has 0 bridgehead atoms. The molecule has 0 aromatic carbocycles. The number of sulfonamides is 1. The van der Waals surface area contributed by atoms with Crippen molar-refractivity contribution in [2.45, 2.75) is 49.3 Å². The smallest absolute Gasteiger partial charge is 0.252 e. The van der Waals surface area contributed by atoms with E-state index in [0.29, 0.717) is 22.1 Å². The van der Waals surface area contributed by atoms with E-state index in [2.05, 4.69) is 6.92 Å². The van der Waals surface area contributed by atoms with Crippen LogP contribution in [0.2, 0.25) is 0 Å². The number of likely N-dealkylation sites (tertiary alicyclic amines) is 1. The van der Waals surface area contributed by atoms with Crippen molar-refractivity contribution in [3.05, 3.63) is 17.5 Å². The molecule has 1 aliphatic carbocycles. The number of piperidine rings is 1. The summed E-state index contributed by atoms with van der Waals surface area (Å²) in [6, 6.07) is 3.60. The van der Waals surface area contributed by atoms with Gasteiger partial charge in [0.25, 0.3) is 10.0 Å². The molecule has 3 unspecified atom stereocenters. The van der Waals surface area contributed by atoms with Crippen molar-refractivity contribution in [2.24, 2.45) is 11.8 Å². The zero-order valence-corrected chi connectivity index (χ0v) is 16.0. The molecule has 24 heavy (non-hydrogen) atoms. The Hall–Kier alpha value is -0.920. The third-order valence-electron chi connectivity index (χ3n) is 5.58. The van der Waals surface area contributed by atoms with Crippen molar-refractivity contribution >= 4 is 27.3 Å². The number of carbonyl (C=O) groups is 1. The van der Waals surface area contributed by atoms with Crippen LogP contribution >= 0.6 is 11.3 Å². The molecule has 1 saturated carbocycles. The molecule has 1 aromatic rings. The molecule has 3 atom stereocenters. The van der Waals surface area contributed by atoms with Crippen LogP contribution in [0.15, 0.2) is 21.7 Å². The molecular formula is C17H26N2O3S2. The maximum Gasteiger partial charge on any atom is 0.252 e. The highest BCUT2D eigenvalue weighted by Crippen LogP contribution is 2.38. The quantitative estimate of drug-likeness (QED) is 0.819. The van der Waals surface area contributed by atoms with Crippen molar-refractivity contribution in [2.75, 3.05) is 20.1 Å². The molecule has 1 aliphatic heterocycles. The van der Waals surface area contributed by atoms with E-state index in [0.717, 1.165) is 19.4 Å². The summed E-state index contributed by atoms with van der Waals surface area (Å²) in [4.78, 5) is 14.8. The summed E-state index contributed by atoms with van der Waals surface area (Å²) < 4.78 is 26.5. The van der Waals surface area contributed by atoms with Crippen LogP contribution < -0.4 is 0 Å². The van der Waals surface area contributed by atoms with E-state index < -0.39 is 10.0 Å². The molecule has 2 heterocycles. The summed E-state index contributed by atoms with van der Waals surface area (Å²) in [5.74, 6) is 1.18. The number of carbonyl (C=O) groups excluding carboxylic acids is 1. The predicted molar refractivity (Wildman–Crippen MR) is 95.4 cm³/mol. The van der Waals surface area contributed by atoms with Crippen LogP contribution in [0.1, 0.15) is 39.0 Å². The molecule has 7 heteroatoms. The van der Waals surface area contributed by atoms with E-state index in [9.17, 15) is 13.2 Å². The Kier molecular flexibility index (Phi) is 5.32. The van der Waals surface area contributed by atoms with Gasteiger partial charge in [-0.2, -0.15) is 4.31 Å². The molecule has 1 aromatic heterocycles. The lowest BCUT2D eigenvalue weighted by molar-refractivity contribution is -0.139. The Balaban J connectivity index is 1.70. The summed E-state index contributed by atoms with van der Waals surface area (Å²) in [5.41, 5.74) is 0. The highest BCUT2D eigenvalue weighted by molar-refractivity contribution is 7.91. The van der Waals surface area contributed by atoms with Gasteiger partial charge in [0.2, 0.25) is 5.91 Å². The first-order valence-electron chi connectivity index (χ1n) is 8.70. The molecule has 0 radical (unpaired) electrons. The number of amides is 1. The zero-order chi connectivity index (χ0) is 17.3. The van der Waals surface area contributed by atoms with E-state index in [1.165, 1.54) is 42.0 Å². The monoisotopic (exact) mass is 370 g/mol. The number of likely N-dealkylation sites (N-methyl/N-ethyl adjacent to an activating group) is 1. The van der Waals surface area contributed by atoms with Crippen LogP contribution in [0.25, 0.3) is 0 Å². The molecular weight excluding hydrogens is 344 g/mol. The average Bonchev–Trinajstić information content (AvgIpc) is 3.10. The van der Waals surface area contributed by atoms with Gasteiger partial charge < -0.3 is 4.90 Å². The number of fused-ring (bicyclic) bond motifs is 1. The van der Waals surface area contributed by atoms with Gasteiger partial charge in [0, 0.05) is 19.6 Å². The minimum absolute atomic E-state index is 0.0542. The predicted octanol–water partition coefficient (Wildman–Crippen LogP) is 2.80. The van der Waals surface area contributed by atoms with E-state index in [1.54, 1.807) is 17.5 Å². The topological polar surface area (TPSA) is 57.7 Å². The van der Waals surface area contributed by atoms with Crippen molar-refractivity contribution in [3.63, 3.8) is 0 Å². The van der Waals surface area contributed by atoms with Gasteiger partial charge in [-0.15, -0.1) is 11.3 Å². The third-order valence-corrected chi connectivity index (χ3v) is 8.75. The maximum absolute atomic E-state index is 12.8. The molecule has 1 amide bonds. The minimum atomic E-state index is -3.57.